The molecule has 0 radical (unpaired) electrons. The van der Waals surface area contributed by atoms with Gasteiger partial charge in [-0.1, -0.05) is 24.3 Å². The van der Waals surface area contributed by atoms with Crippen LogP contribution in [-0.2, 0) is 17.8 Å². The summed E-state index contributed by atoms with van der Waals surface area (Å²) >= 11 is 1.55. The molecule has 5 rings (SSSR count). The normalized spacial score (nSPS) is 14.7. The van der Waals surface area contributed by atoms with Gasteiger partial charge in [0.25, 0.3) is 5.56 Å². The van der Waals surface area contributed by atoms with Crippen LogP contribution in [-0.4, -0.2) is 52.8 Å². The smallest absolute Gasteiger partial charge is 0.261 e. The molecule has 0 bridgehead atoms. The molecule has 4 aromatic rings. The maximum atomic E-state index is 13.4. The standard InChI is InChI=1S/C24H24N4O3S/c1-30-18-6-4-5-17(13-18)21-16-32-23(26-21)15-28-22(14-27-9-11-31-12-10-27)25-20-8-3-2-7-19(20)24(28)29/h2-8,13,16H,9-12,14-15H2,1H3. The van der Waals surface area contributed by atoms with Gasteiger partial charge in [0.15, 0.2) is 0 Å². The highest BCUT2D eigenvalue weighted by Gasteiger charge is 2.18. The molecule has 7 nitrogen and oxygen atoms in total. The van der Waals surface area contributed by atoms with Gasteiger partial charge in [-0.05, 0) is 24.3 Å². The fraction of sp³-hybridized carbons (Fsp3) is 0.292. The fourth-order valence-electron chi connectivity index (χ4n) is 3.89. The van der Waals surface area contributed by atoms with Gasteiger partial charge in [0.05, 0.1) is 50.0 Å². The zero-order valence-corrected chi connectivity index (χ0v) is 18.7. The minimum atomic E-state index is -0.0306. The number of hydrogen-bond donors (Lipinski definition) is 0. The Kier molecular flexibility index (Phi) is 5.98. The van der Waals surface area contributed by atoms with Gasteiger partial charge in [0, 0.05) is 24.0 Å². The van der Waals surface area contributed by atoms with Gasteiger partial charge in [-0.3, -0.25) is 14.3 Å². The van der Waals surface area contributed by atoms with Crippen molar-refractivity contribution in [3.8, 4) is 17.0 Å². The number of nitrogens with zero attached hydrogens (tertiary/aromatic N) is 4. The number of ether oxygens (including phenoxy) is 2. The molecule has 0 unspecified atom stereocenters. The highest BCUT2D eigenvalue weighted by atomic mass is 32.1. The monoisotopic (exact) mass is 448 g/mol. The fourth-order valence-corrected chi connectivity index (χ4v) is 4.68. The number of benzene rings is 2. The number of fused-ring (bicyclic) bond motifs is 1. The second kappa shape index (κ2) is 9.20. The lowest BCUT2D eigenvalue weighted by Crippen LogP contribution is -2.38. The van der Waals surface area contributed by atoms with Crippen LogP contribution in [0.4, 0.5) is 0 Å². The highest BCUT2D eigenvalue weighted by Crippen LogP contribution is 2.26. The number of methoxy groups -OCH3 is 1. The van der Waals surface area contributed by atoms with Crippen molar-refractivity contribution < 1.29 is 9.47 Å². The molecule has 8 heteroatoms. The first-order chi connectivity index (χ1) is 15.7. The first-order valence-corrected chi connectivity index (χ1v) is 11.5. The summed E-state index contributed by atoms with van der Waals surface area (Å²) in [5.74, 6) is 1.55. The molecule has 1 aliphatic heterocycles. The lowest BCUT2D eigenvalue weighted by molar-refractivity contribution is 0.0325. The van der Waals surface area contributed by atoms with Crippen molar-refractivity contribution in [2.45, 2.75) is 13.1 Å². The summed E-state index contributed by atoms with van der Waals surface area (Å²) in [6.07, 6.45) is 0. The summed E-state index contributed by atoms with van der Waals surface area (Å²) < 4.78 is 12.6. The number of hydrogen-bond acceptors (Lipinski definition) is 7. The molecule has 0 aliphatic carbocycles. The van der Waals surface area contributed by atoms with Crippen LogP contribution in [0.1, 0.15) is 10.8 Å². The first kappa shape index (κ1) is 20.8. The lowest BCUT2D eigenvalue weighted by Gasteiger charge is -2.27. The minimum Gasteiger partial charge on any atom is -0.497 e. The summed E-state index contributed by atoms with van der Waals surface area (Å²) in [6.45, 7) is 4.07. The van der Waals surface area contributed by atoms with Crippen molar-refractivity contribution in [2.24, 2.45) is 0 Å². The van der Waals surface area contributed by atoms with Gasteiger partial charge in [-0.25, -0.2) is 9.97 Å². The molecule has 0 saturated carbocycles. The first-order valence-electron chi connectivity index (χ1n) is 10.6. The summed E-state index contributed by atoms with van der Waals surface area (Å²) in [4.78, 5) is 25.3. The van der Waals surface area contributed by atoms with Crippen molar-refractivity contribution in [2.75, 3.05) is 33.4 Å². The Morgan fingerprint density at radius 2 is 1.91 bits per heavy atom. The number of para-hydroxylation sites is 1. The van der Waals surface area contributed by atoms with Gasteiger partial charge in [-0.15, -0.1) is 11.3 Å². The zero-order chi connectivity index (χ0) is 21.9. The van der Waals surface area contributed by atoms with Crippen LogP contribution in [0.25, 0.3) is 22.2 Å². The predicted octanol–water partition coefficient (Wildman–Crippen LogP) is 3.41. The van der Waals surface area contributed by atoms with Crippen LogP contribution in [0.2, 0.25) is 0 Å². The molecule has 0 amide bonds. The van der Waals surface area contributed by atoms with E-state index in [2.05, 4.69) is 4.90 Å². The molecule has 1 saturated heterocycles. The van der Waals surface area contributed by atoms with E-state index in [0.29, 0.717) is 31.7 Å². The Labute approximate surface area is 189 Å². The molecule has 1 aliphatic rings. The molecule has 0 spiro atoms. The molecular weight excluding hydrogens is 424 g/mol. The van der Waals surface area contributed by atoms with E-state index in [1.165, 1.54) is 0 Å². The van der Waals surface area contributed by atoms with Crippen LogP contribution in [0, 0.1) is 0 Å². The molecule has 2 aromatic carbocycles. The van der Waals surface area contributed by atoms with Gasteiger partial charge in [-0.2, -0.15) is 0 Å². The van der Waals surface area contributed by atoms with E-state index < -0.39 is 0 Å². The van der Waals surface area contributed by atoms with E-state index in [-0.39, 0.29) is 5.56 Å². The summed E-state index contributed by atoms with van der Waals surface area (Å²) in [7, 11) is 1.65. The number of rotatable bonds is 6. The average molecular weight is 449 g/mol. The second-order valence-corrected chi connectivity index (χ2v) is 8.63. The minimum absolute atomic E-state index is 0.0306. The van der Waals surface area contributed by atoms with Gasteiger partial charge < -0.3 is 9.47 Å². The third-order valence-corrected chi connectivity index (χ3v) is 6.45. The average Bonchev–Trinajstić information content (AvgIpc) is 3.31. The van der Waals surface area contributed by atoms with Crippen molar-refractivity contribution in [3.05, 3.63) is 75.1 Å². The Morgan fingerprint density at radius 3 is 2.75 bits per heavy atom. The van der Waals surface area contributed by atoms with Gasteiger partial charge in [0.1, 0.15) is 16.6 Å². The molecular formula is C24H24N4O3S. The van der Waals surface area contributed by atoms with E-state index in [0.717, 1.165) is 46.4 Å². The van der Waals surface area contributed by atoms with E-state index in [1.54, 1.807) is 23.0 Å². The van der Waals surface area contributed by atoms with E-state index in [4.69, 9.17) is 19.4 Å². The maximum absolute atomic E-state index is 13.4. The van der Waals surface area contributed by atoms with Gasteiger partial charge >= 0.3 is 0 Å². The Morgan fingerprint density at radius 1 is 1.06 bits per heavy atom. The quantitative estimate of drug-likeness (QED) is 0.450. The van der Waals surface area contributed by atoms with Crippen LogP contribution in [0.3, 0.4) is 0 Å². The number of aromatic nitrogens is 3. The predicted molar refractivity (Wildman–Crippen MR) is 125 cm³/mol. The van der Waals surface area contributed by atoms with Crippen LogP contribution < -0.4 is 10.3 Å². The topological polar surface area (TPSA) is 69.5 Å². The van der Waals surface area contributed by atoms with Crippen LogP contribution in [0.5, 0.6) is 5.75 Å². The summed E-state index contributed by atoms with van der Waals surface area (Å²) in [5.41, 5.74) is 2.56. The van der Waals surface area contributed by atoms with Crippen molar-refractivity contribution in [1.82, 2.24) is 19.4 Å². The van der Waals surface area contributed by atoms with Crippen LogP contribution >= 0.6 is 11.3 Å². The van der Waals surface area contributed by atoms with Gasteiger partial charge in [0.2, 0.25) is 0 Å². The molecule has 0 atom stereocenters. The lowest BCUT2D eigenvalue weighted by atomic mass is 10.2. The molecule has 32 heavy (non-hydrogen) atoms. The molecule has 3 heterocycles. The Bertz CT molecular complexity index is 1290. The highest BCUT2D eigenvalue weighted by molar-refractivity contribution is 7.09. The largest absolute Gasteiger partial charge is 0.497 e. The van der Waals surface area contributed by atoms with Crippen molar-refractivity contribution >= 4 is 22.2 Å². The van der Waals surface area contributed by atoms with E-state index >= 15 is 0 Å². The Balaban J connectivity index is 1.50. The Hall–Kier alpha value is -3.07. The third-order valence-electron chi connectivity index (χ3n) is 5.62. The van der Waals surface area contributed by atoms with E-state index in [1.807, 2.05) is 53.9 Å². The number of thiazole rings is 1. The molecule has 164 valence electrons. The zero-order valence-electron chi connectivity index (χ0n) is 17.9. The van der Waals surface area contributed by atoms with Crippen molar-refractivity contribution in [1.29, 1.82) is 0 Å². The summed E-state index contributed by atoms with van der Waals surface area (Å²) in [5, 5.41) is 3.51. The van der Waals surface area contributed by atoms with Crippen molar-refractivity contribution in [3.63, 3.8) is 0 Å². The number of morpholine rings is 1. The second-order valence-electron chi connectivity index (χ2n) is 7.68. The SMILES string of the molecule is COc1cccc(-c2csc(Cn3c(CN4CCOCC4)nc4ccccc4c3=O)n2)c1. The molecule has 2 aromatic heterocycles. The van der Waals surface area contributed by atoms with Crippen LogP contribution in [0.15, 0.2) is 58.7 Å². The molecule has 1 fully saturated rings. The summed E-state index contributed by atoms with van der Waals surface area (Å²) in [6, 6.07) is 15.4. The molecule has 0 N–H and O–H groups in total. The maximum Gasteiger partial charge on any atom is 0.261 e. The third kappa shape index (κ3) is 4.29. The van der Waals surface area contributed by atoms with E-state index in [9.17, 15) is 4.79 Å².